The van der Waals surface area contributed by atoms with Crippen molar-refractivity contribution in [1.29, 1.82) is 0 Å². The van der Waals surface area contributed by atoms with Gasteiger partial charge < -0.3 is 10.6 Å². The maximum Gasteiger partial charge on any atom is 0.175 e. The van der Waals surface area contributed by atoms with Crippen molar-refractivity contribution in [1.82, 2.24) is 9.78 Å². The molecule has 0 bridgehead atoms. The SMILES string of the molecule is S=C(Nc1cnn(Cc2c(Cl)cccc2Cl)c1)Nc1cccc2ccccc12. The molecule has 0 spiro atoms. The first-order chi connectivity index (χ1) is 13.6. The van der Waals surface area contributed by atoms with Crippen LogP contribution in [-0.2, 0) is 6.54 Å². The van der Waals surface area contributed by atoms with Crippen molar-refractivity contribution in [3.8, 4) is 0 Å². The van der Waals surface area contributed by atoms with Crippen LogP contribution in [0.3, 0.4) is 0 Å². The van der Waals surface area contributed by atoms with Crippen LogP contribution in [0.15, 0.2) is 73.1 Å². The Morgan fingerprint density at radius 3 is 2.46 bits per heavy atom. The topological polar surface area (TPSA) is 41.9 Å². The molecular formula is C21H16Cl2N4S. The fourth-order valence-electron chi connectivity index (χ4n) is 2.98. The van der Waals surface area contributed by atoms with Gasteiger partial charge in [-0.2, -0.15) is 5.10 Å². The molecule has 0 radical (unpaired) electrons. The zero-order chi connectivity index (χ0) is 19.5. The fraction of sp³-hybridized carbons (Fsp3) is 0.0476. The van der Waals surface area contributed by atoms with Crippen molar-refractivity contribution >= 4 is 62.7 Å². The Morgan fingerprint density at radius 1 is 0.929 bits per heavy atom. The third-order valence-corrected chi connectivity index (χ3v) is 5.22. The summed E-state index contributed by atoms with van der Waals surface area (Å²) in [6, 6.07) is 19.7. The minimum Gasteiger partial charge on any atom is -0.332 e. The van der Waals surface area contributed by atoms with Crippen LogP contribution in [0.1, 0.15) is 5.56 Å². The number of hydrogen-bond donors (Lipinski definition) is 2. The molecule has 1 heterocycles. The molecule has 0 aliphatic carbocycles. The van der Waals surface area contributed by atoms with E-state index >= 15 is 0 Å². The lowest BCUT2D eigenvalue weighted by Gasteiger charge is -2.11. The van der Waals surface area contributed by atoms with Crippen LogP contribution in [0.25, 0.3) is 10.8 Å². The summed E-state index contributed by atoms with van der Waals surface area (Å²) >= 11 is 17.9. The standard InChI is InChI=1S/C21H16Cl2N4S/c22-18-8-4-9-19(23)17(18)13-27-12-15(11-24-27)25-21(28)26-20-10-3-6-14-5-1-2-7-16(14)20/h1-12H,13H2,(H2,25,26,28). The molecule has 1 aromatic heterocycles. The van der Waals surface area contributed by atoms with Gasteiger partial charge in [0, 0.05) is 32.9 Å². The van der Waals surface area contributed by atoms with E-state index in [0.29, 0.717) is 21.7 Å². The highest BCUT2D eigenvalue weighted by atomic mass is 35.5. The van der Waals surface area contributed by atoms with E-state index in [1.807, 2.05) is 48.7 Å². The van der Waals surface area contributed by atoms with Crippen LogP contribution < -0.4 is 10.6 Å². The first-order valence-corrected chi connectivity index (χ1v) is 9.78. The molecule has 7 heteroatoms. The summed E-state index contributed by atoms with van der Waals surface area (Å²) in [4.78, 5) is 0. The van der Waals surface area contributed by atoms with Crippen LogP contribution in [0.2, 0.25) is 10.0 Å². The number of rotatable bonds is 4. The lowest BCUT2D eigenvalue weighted by Crippen LogP contribution is -2.18. The number of nitrogens with one attached hydrogen (secondary N) is 2. The maximum atomic E-state index is 6.24. The second-order valence-electron chi connectivity index (χ2n) is 6.23. The molecular weight excluding hydrogens is 411 g/mol. The van der Waals surface area contributed by atoms with Crippen molar-refractivity contribution in [3.63, 3.8) is 0 Å². The van der Waals surface area contributed by atoms with E-state index in [0.717, 1.165) is 27.7 Å². The molecule has 4 aromatic rings. The summed E-state index contributed by atoms with van der Waals surface area (Å²) < 4.78 is 1.76. The van der Waals surface area contributed by atoms with Gasteiger partial charge in [0.05, 0.1) is 18.4 Å². The van der Waals surface area contributed by atoms with E-state index < -0.39 is 0 Å². The number of nitrogens with zero attached hydrogens (tertiary/aromatic N) is 2. The highest BCUT2D eigenvalue weighted by Crippen LogP contribution is 2.26. The number of fused-ring (bicyclic) bond motifs is 1. The van der Waals surface area contributed by atoms with Gasteiger partial charge in [-0.3, -0.25) is 4.68 Å². The third-order valence-electron chi connectivity index (χ3n) is 4.31. The Kier molecular flexibility index (Phi) is 5.48. The van der Waals surface area contributed by atoms with E-state index in [1.54, 1.807) is 10.9 Å². The van der Waals surface area contributed by atoms with Crippen LogP contribution in [0.5, 0.6) is 0 Å². The Bertz CT molecular complexity index is 1130. The molecule has 0 aliphatic rings. The van der Waals surface area contributed by atoms with Gasteiger partial charge in [0.2, 0.25) is 0 Å². The van der Waals surface area contributed by atoms with Crippen LogP contribution in [0.4, 0.5) is 11.4 Å². The number of hydrogen-bond acceptors (Lipinski definition) is 2. The molecule has 0 saturated heterocycles. The molecule has 0 saturated carbocycles. The first kappa shape index (κ1) is 18.7. The molecule has 0 atom stereocenters. The molecule has 0 unspecified atom stereocenters. The summed E-state index contributed by atoms with van der Waals surface area (Å²) in [6.45, 7) is 0.476. The second kappa shape index (κ2) is 8.19. The Labute approximate surface area is 178 Å². The minimum absolute atomic E-state index is 0.476. The normalized spacial score (nSPS) is 10.8. The van der Waals surface area contributed by atoms with Crippen molar-refractivity contribution in [2.24, 2.45) is 0 Å². The van der Waals surface area contributed by atoms with Crippen LogP contribution in [-0.4, -0.2) is 14.9 Å². The predicted octanol–water partition coefficient (Wildman–Crippen LogP) is 6.20. The largest absolute Gasteiger partial charge is 0.332 e. The molecule has 0 amide bonds. The van der Waals surface area contributed by atoms with Crippen molar-refractivity contribution in [2.75, 3.05) is 10.6 Å². The fourth-order valence-corrected chi connectivity index (χ4v) is 3.72. The van der Waals surface area contributed by atoms with Gasteiger partial charge in [-0.25, -0.2) is 0 Å². The van der Waals surface area contributed by atoms with Gasteiger partial charge in [-0.05, 0) is 35.8 Å². The Balaban J connectivity index is 1.46. The zero-order valence-corrected chi connectivity index (χ0v) is 17.0. The van der Waals surface area contributed by atoms with E-state index in [1.165, 1.54) is 0 Å². The summed E-state index contributed by atoms with van der Waals surface area (Å²) in [5.41, 5.74) is 2.56. The van der Waals surface area contributed by atoms with E-state index in [9.17, 15) is 0 Å². The van der Waals surface area contributed by atoms with Gasteiger partial charge >= 0.3 is 0 Å². The third kappa shape index (κ3) is 4.12. The Hall–Kier alpha value is -2.60. The number of benzene rings is 3. The smallest absolute Gasteiger partial charge is 0.175 e. The van der Waals surface area contributed by atoms with Crippen molar-refractivity contribution < 1.29 is 0 Å². The molecule has 3 aromatic carbocycles. The van der Waals surface area contributed by atoms with Gasteiger partial charge in [0.1, 0.15) is 0 Å². The van der Waals surface area contributed by atoms with Crippen LogP contribution >= 0.6 is 35.4 Å². The first-order valence-electron chi connectivity index (χ1n) is 8.61. The van der Waals surface area contributed by atoms with E-state index in [-0.39, 0.29) is 0 Å². The van der Waals surface area contributed by atoms with Gasteiger partial charge in [0.25, 0.3) is 0 Å². The molecule has 28 heavy (non-hydrogen) atoms. The lowest BCUT2D eigenvalue weighted by molar-refractivity contribution is 0.687. The number of anilines is 2. The van der Waals surface area contributed by atoms with Crippen molar-refractivity contribution in [2.45, 2.75) is 6.54 Å². The number of aromatic nitrogens is 2. The van der Waals surface area contributed by atoms with E-state index in [2.05, 4.69) is 33.9 Å². The molecule has 4 rings (SSSR count). The molecule has 140 valence electrons. The highest BCUT2D eigenvalue weighted by molar-refractivity contribution is 7.80. The minimum atomic E-state index is 0.476. The summed E-state index contributed by atoms with van der Waals surface area (Å²) in [5.74, 6) is 0. The second-order valence-corrected chi connectivity index (χ2v) is 7.46. The summed E-state index contributed by atoms with van der Waals surface area (Å²) in [6.07, 6.45) is 3.57. The summed E-state index contributed by atoms with van der Waals surface area (Å²) in [7, 11) is 0. The van der Waals surface area contributed by atoms with Gasteiger partial charge in [-0.15, -0.1) is 0 Å². The average Bonchev–Trinajstić information content (AvgIpc) is 3.12. The monoisotopic (exact) mass is 426 g/mol. The average molecular weight is 427 g/mol. The summed E-state index contributed by atoms with van der Waals surface area (Å²) in [5, 5.41) is 14.8. The van der Waals surface area contributed by atoms with Crippen LogP contribution in [0, 0.1) is 0 Å². The van der Waals surface area contributed by atoms with Gasteiger partial charge in [-0.1, -0.05) is 65.7 Å². The molecule has 4 nitrogen and oxygen atoms in total. The molecule has 2 N–H and O–H groups in total. The van der Waals surface area contributed by atoms with Gasteiger partial charge in [0.15, 0.2) is 5.11 Å². The predicted molar refractivity (Wildman–Crippen MR) is 122 cm³/mol. The Morgan fingerprint density at radius 2 is 1.64 bits per heavy atom. The number of thiocarbonyl (C=S) groups is 1. The molecule has 0 aliphatic heterocycles. The van der Waals surface area contributed by atoms with Crippen molar-refractivity contribution in [3.05, 3.63) is 88.7 Å². The molecule has 0 fully saturated rings. The lowest BCUT2D eigenvalue weighted by atomic mass is 10.1. The number of halogens is 2. The highest BCUT2D eigenvalue weighted by Gasteiger charge is 2.09. The zero-order valence-electron chi connectivity index (χ0n) is 14.7. The quantitative estimate of drug-likeness (QED) is 0.381. The van der Waals surface area contributed by atoms with E-state index in [4.69, 9.17) is 35.4 Å². The maximum absolute atomic E-state index is 6.24.